The highest BCUT2D eigenvalue weighted by molar-refractivity contribution is 7.17. The van der Waals surface area contributed by atoms with Gasteiger partial charge >= 0.3 is 0 Å². The molecule has 0 fully saturated rings. The van der Waals surface area contributed by atoms with Gasteiger partial charge in [0.25, 0.3) is 0 Å². The average Bonchev–Trinajstić information content (AvgIpc) is 2.94. The van der Waals surface area contributed by atoms with E-state index in [0.717, 1.165) is 34.3 Å². The first-order valence-corrected chi connectivity index (χ1v) is 7.42. The Bertz CT molecular complexity index is 825. The number of pyridine rings is 1. The van der Waals surface area contributed by atoms with E-state index < -0.39 is 0 Å². The van der Waals surface area contributed by atoms with Crippen LogP contribution in [0.5, 0.6) is 0 Å². The van der Waals surface area contributed by atoms with Crippen LogP contribution in [0.1, 0.15) is 28.9 Å². The molecule has 98 valence electrons. The topological polar surface area (TPSA) is 55.7 Å². The summed E-state index contributed by atoms with van der Waals surface area (Å²) in [6.07, 6.45) is 5.80. The summed E-state index contributed by atoms with van der Waals surface area (Å²) in [4.78, 5) is 25.1. The van der Waals surface area contributed by atoms with Gasteiger partial charge in [-0.1, -0.05) is 0 Å². The minimum Gasteiger partial charge on any atom is -0.294 e. The molecule has 0 aromatic carbocycles. The van der Waals surface area contributed by atoms with Gasteiger partial charge in [0, 0.05) is 24.4 Å². The fourth-order valence-corrected chi connectivity index (χ4v) is 3.28. The largest absolute Gasteiger partial charge is 0.294 e. The summed E-state index contributed by atoms with van der Waals surface area (Å²) in [7, 11) is 0. The second kappa shape index (κ2) is 4.45. The number of ketones is 1. The second-order valence-electron chi connectivity index (χ2n) is 4.86. The van der Waals surface area contributed by atoms with Crippen molar-refractivity contribution in [1.29, 1.82) is 0 Å². The van der Waals surface area contributed by atoms with E-state index in [-0.39, 0.29) is 5.78 Å². The van der Waals surface area contributed by atoms with Crippen molar-refractivity contribution in [3.8, 4) is 11.4 Å². The molecule has 1 aliphatic carbocycles. The Morgan fingerprint density at radius 3 is 3.05 bits per heavy atom. The SMILES string of the molecule is O=C1CCCc2nc(-c3cnc4ccsc4c3)ncc21. The van der Waals surface area contributed by atoms with Crippen LogP contribution in [-0.2, 0) is 6.42 Å². The Morgan fingerprint density at radius 1 is 1.15 bits per heavy atom. The lowest BCUT2D eigenvalue weighted by atomic mass is 9.96. The van der Waals surface area contributed by atoms with Crippen LogP contribution in [0, 0.1) is 0 Å². The number of fused-ring (bicyclic) bond motifs is 2. The zero-order chi connectivity index (χ0) is 13.5. The molecule has 0 saturated heterocycles. The van der Waals surface area contributed by atoms with E-state index >= 15 is 0 Å². The molecule has 20 heavy (non-hydrogen) atoms. The molecule has 0 unspecified atom stereocenters. The van der Waals surface area contributed by atoms with Crippen molar-refractivity contribution in [2.75, 3.05) is 0 Å². The smallest absolute Gasteiger partial charge is 0.166 e. The number of aryl methyl sites for hydroxylation is 1. The zero-order valence-corrected chi connectivity index (χ0v) is 11.5. The van der Waals surface area contributed by atoms with E-state index in [0.29, 0.717) is 17.8 Å². The summed E-state index contributed by atoms with van der Waals surface area (Å²) in [5, 5.41) is 2.02. The van der Waals surface area contributed by atoms with Gasteiger partial charge in [-0.05, 0) is 30.4 Å². The lowest BCUT2D eigenvalue weighted by molar-refractivity contribution is 0.0971. The molecule has 3 aromatic heterocycles. The van der Waals surface area contributed by atoms with Crippen LogP contribution < -0.4 is 0 Å². The highest BCUT2D eigenvalue weighted by Crippen LogP contribution is 2.26. The van der Waals surface area contributed by atoms with E-state index in [1.807, 2.05) is 11.4 Å². The average molecular weight is 281 g/mol. The fourth-order valence-electron chi connectivity index (χ4n) is 2.50. The zero-order valence-electron chi connectivity index (χ0n) is 10.7. The molecule has 0 aliphatic heterocycles. The third-order valence-electron chi connectivity index (χ3n) is 3.55. The minimum absolute atomic E-state index is 0.157. The summed E-state index contributed by atoms with van der Waals surface area (Å²) in [5.74, 6) is 0.811. The molecule has 0 N–H and O–H groups in total. The molecule has 4 rings (SSSR count). The molecule has 0 spiro atoms. The van der Waals surface area contributed by atoms with Crippen LogP contribution in [0.15, 0.2) is 29.9 Å². The van der Waals surface area contributed by atoms with Crippen molar-refractivity contribution >= 4 is 27.3 Å². The van der Waals surface area contributed by atoms with Gasteiger partial charge in [-0.2, -0.15) is 0 Å². The molecule has 0 radical (unpaired) electrons. The molecule has 3 heterocycles. The molecule has 0 atom stereocenters. The van der Waals surface area contributed by atoms with Crippen LogP contribution in [0.2, 0.25) is 0 Å². The van der Waals surface area contributed by atoms with Crippen molar-refractivity contribution < 1.29 is 4.79 Å². The molecular formula is C15H11N3OS. The van der Waals surface area contributed by atoms with Crippen molar-refractivity contribution in [2.45, 2.75) is 19.3 Å². The summed E-state index contributed by atoms with van der Waals surface area (Å²) < 4.78 is 1.12. The number of nitrogens with zero attached hydrogens (tertiary/aromatic N) is 3. The summed E-state index contributed by atoms with van der Waals surface area (Å²) in [5.41, 5.74) is 3.45. The van der Waals surface area contributed by atoms with Gasteiger partial charge in [0.1, 0.15) is 0 Å². The van der Waals surface area contributed by atoms with Gasteiger partial charge in [0.15, 0.2) is 11.6 Å². The normalized spacial score (nSPS) is 14.5. The van der Waals surface area contributed by atoms with E-state index in [4.69, 9.17) is 0 Å². The Morgan fingerprint density at radius 2 is 2.10 bits per heavy atom. The number of aromatic nitrogens is 3. The summed E-state index contributed by atoms with van der Waals surface area (Å²) in [6, 6.07) is 4.05. The highest BCUT2D eigenvalue weighted by Gasteiger charge is 2.19. The lowest BCUT2D eigenvalue weighted by Crippen LogP contribution is -2.13. The first-order chi connectivity index (χ1) is 9.81. The number of carbonyl (C=O) groups excluding carboxylic acids is 1. The van der Waals surface area contributed by atoms with Crippen LogP contribution in [0.4, 0.5) is 0 Å². The summed E-state index contributed by atoms with van der Waals surface area (Å²) in [6.45, 7) is 0. The number of hydrogen-bond donors (Lipinski definition) is 0. The van der Waals surface area contributed by atoms with Crippen molar-refractivity contribution in [3.05, 3.63) is 41.2 Å². The predicted octanol–water partition coefficient (Wildman–Crippen LogP) is 3.27. The Labute approximate surface area is 119 Å². The molecule has 1 aliphatic rings. The predicted molar refractivity (Wildman–Crippen MR) is 77.9 cm³/mol. The van der Waals surface area contributed by atoms with E-state index in [1.54, 1.807) is 23.7 Å². The van der Waals surface area contributed by atoms with Crippen molar-refractivity contribution in [2.24, 2.45) is 0 Å². The van der Waals surface area contributed by atoms with E-state index in [1.165, 1.54) is 0 Å². The third kappa shape index (κ3) is 1.82. The highest BCUT2D eigenvalue weighted by atomic mass is 32.1. The van der Waals surface area contributed by atoms with Crippen molar-refractivity contribution in [3.63, 3.8) is 0 Å². The fraction of sp³-hybridized carbons (Fsp3) is 0.200. The van der Waals surface area contributed by atoms with Crippen LogP contribution in [0.25, 0.3) is 21.6 Å². The molecule has 0 saturated carbocycles. The monoisotopic (exact) mass is 281 g/mol. The van der Waals surface area contributed by atoms with Gasteiger partial charge in [0.05, 0.1) is 21.5 Å². The minimum atomic E-state index is 0.157. The van der Waals surface area contributed by atoms with Gasteiger partial charge < -0.3 is 0 Å². The van der Waals surface area contributed by atoms with Crippen LogP contribution in [0.3, 0.4) is 0 Å². The van der Waals surface area contributed by atoms with E-state index in [2.05, 4.69) is 21.0 Å². The van der Waals surface area contributed by atoms with Gasteiger partial charge in [0.2, 0.25) is 0 Å². The first-order valence-electron chi connectivity index (χ1n) is 6.54. The number of rotatable bonds is 1. The van der Waals surface area contributed by atoms with Gasteiger partial charge in [-0.3, -0.25) is 9.78 Å². The van der Waals surface area contributed by atoms with Gasteiger partial charge in [-0.15, -0.1) is 11.3 Å². The maximum atomic E-state index is 11.8. The number of carbonyl (C=O) groups is 1. The molecule has 0 bridgehead atoms. The standard InChI is InChI=1S/C15H11N3OS/c19-13-3-1-2-11-10(13)8-17-15(18-11)9-6-14-12(16-7-9)4-5-20-14/h4-8H,1-3H2. The molecule has 5 heteroatoms. The third-order valence-corrected chi connectivity index (χ3v) is 4.40. The molecular weight excluding hydrogens is 270 g/mol. The maximum absolute atomic E-state index is 11.8. The molecule has 3 aromatic rings. The van der Waals surface area contributed by atoms with Crippen LogP contribution in [-0.4, -0.2) is 20.7 Å². The number of Topliss-reactive ketones (excluding diaryl/α,β-unsaturated/α-hetero) is 1. The number of hydrogen-bond acceptors (Lipinski definition) is 5. The quantitative estimate of drug-likeness (QED) is 0.687. The van der Waals surface area contributed by atoms with Crippen molar-refractivity contribution in [1.82, 2.24) is 15.0 Å². The Hall–Kier alpha value is -2.14. The summed E-state index contributed by atoms with van der Waals surface area (Å²) >= 11 is 1.65. The first kappa shape index (κ1) is 11.7. The Balaban J connectivity index is 1.83. The second-order valence-corrected chi connectivity index (χ2v) is 5.81. The maximum Gasteiger partial charge on any atom is 0.166 e. The molecule has 4 nitrogen and oxygen atoms in total. The number of thiophene rings is 1. The lowest BCUT2D eigenvalue weighted by Gasteiger charge is -2.13. The van der Waals surface area contributed by atoms with Crippen LogP contribution >= 0.6 is 11.3 Å². The molecule has 0 amide bonds. The van der Waals surface area contributed by atoms with E-state index in [9.17, 15) is 4.79 Å². The Kier molecular flexibility index (Phi) is 2.60. The van der Waals surface area contributed by atoms with Gasteiger partial charge in [-0.25, -0.2) is 9.97 Å².